The quantitative estimate of drug-likeness (QED) is 0.567. The highest BCUT2D eigenvalue weighted by molar-refractivity contribution is 5.91. The first-order valence-corrected chi connectivity index (χ1v) is 7.11. The van der Waals surface area contributed by atoms with E-state index in [2.05, 4.69) is 0 Å². The second-order valence-corrected chi connectivity index (χ2v) is 5.18. The van der Waals surface area contributed by atoms with Gasteiger partial charge in [0.15, 0.2) is 0 Å². The Kier molecular flexibility index (Phi) is 4.02. The summed E-state index contributed by atoms with van der Waals surface area (Å²) in [5.74, 6) is -1.03. The van der Waals surface area contributed by atoms with E-state index in [1.807, 2.05) is 6.07 Å². The van der Waals surface area contributed by atoms with Crippen LogP contribution < -0.4 is 4.74 Å². The molecule has 0 saturated carbocycles. The number of non-ortho nitro benzene ring substituents is 1. The van der Waals surface area contributed by atoms with Crippen LogP contribution in [0.15, 0.2) is 54.6 Å². The van der Waals surface area contributed by atoms with E-state index >= 15 is 0 Å². The number of nitriles is 1. The van der Waals surface area contributed by atoms with E-state index in [4.69, 9.17) is 10.00 Å². The summed E-state index contributed by atoms with van der Waals surface area (Å²) < 4.78 is 5.58. The van der Waals surface area contributed by atoms with Crippen molar-refractivity contribution >= 4 is 22.4 Å². The molecule has 3 aromatic carbocycles. The Morgan fingerprint density at radius 2 is 1.80 bits per heavy atom. The maximum absolute atomic E-state index is 11.3. The number of aromatic carboxylic acids is 1. The van der Waals surface area contributed by atoms with Crippen LogP contribution in [0.3, 0.4) is 0 Å². The third-order valence-electron chi connectivity index (χ3n) is 3.58. The molecule has 25 heavy (non-hydrogen) atoms. The molecule has 0 bridgehead atoms. The number of carboxylic acid groups (broad SMARTS) is 1. The zero-order chi connectivity index (χ0) is 18.0. The predicted molar refractivity (Wildman–Crippen MR) is 88.8 cm³/mol. The van der Waals surface area contributed by atoms with E-state index in [9.17, 15) is 20.0 Å². The normalized spacial score (nSPS) is 10.2. The summed E-state index contributed by atoms with van der Waals surface area (Å²) >= 11 is 0. The van der Waals surface area contributed by atoms with Crippen LogP contribution in [-0.2, 0) is 0 Å². The van der Waals surface area contributed by atoms with Crippen molar-refractivity contribution in [1.29, 1.82) is 5.26 Å². The Hall–Kier alpha value is -3.92. The second-order valence-electron chi connectivity index (χ2n) is 5.18. The summed E-state index contributed by atoms with van der Waals surface area (Å²) in [6, 6.07) is 15.5. The van der Waals surface area contributed by atoms with E-state index < -0.39 is 10.9 Å². The van der Waals surface area contributed by atoms with E-state index in [0.717, 1.165) is 29.0 Å². The summed E-state index contributed by atoms with van der Waals surface area (Å²) in [5, 5.41) is 30.6. The highest BCUT2D eigenvalue weighted by atomic mass is 16.6. The first-order chi connectivity index (χ1) is 12.0. The maximum atomic E-state index is 11.3. The van der Waals surface area contributed by atoms with Crippen molar-refractivity contribution in [2.75, 3.05) is 0 Å². The molecule has 0 amide bonds. The predicted octanol–water partition coefficient (Wildman–Crippen LogP) is 4.11. The fourth-order valence-electron chi connectivity index (χ4n) is 2.37. The number of rotatable bonds is 4. The highest BCUT2D eigenvalue weighted by Crippen LogP contribution is 2.31. The van der Waals surface area contributed by atoms with Crippen LogP contribution in [0, 0.1) is 21.4 Å². The molecule has 7 heteroatoms. The number of hydrogen-bond acceptors (Lipinski definition) is 5. The van der Waals surface area contributed by atoms with Crippen molar-refractivity contribution in [1.82, 2.24) is 0 Å². The molecular weight excluding hydrogens is 324 g/mol. The zero-order valence-electron chi connectivity index (χ0n) is 12.7. The van der Waals surface area contributed by atoms with Crippen LogP contribution in [-0.4, -0.2) is 16.0 Å². The minimum atomic E-state index is -1.25. The lowest BCUT2D eigenvalue weighted by Crippen LogP contribution is -2.01. The number of carboxylic acids is 1. The molecule has 7 nitrogen and oxygen atoms in total. The third kappa shape index (κ3) is 3.23. The number of ether oxygens (including phenoxy) is 1. The molecule has 0 heterocycles. The van der Waals surface area contributed by atoms with Gasteiger partial charge in [-0.3, -0.25) is 10.1 Å². The second kappa shape index (κ2) is 6.29. The molecule has 0 aliphatic heterocycles. The van der Waals surface area contributed by atoms with E-state index in [1.54, 1.807) is 36.4 Å². The number of nitrogens with zero attached hydrogens (tertiary/aromatic N) is 2. The van der Waals surface area contributed by atoms with Gasteiger partial charge in [0, 0.05) is 6.07 Å². The van der Waals surface area contributed by atoms with Crippen LogP contribution in [0.1, 0.15) is 15.9 Å². The van der Waals surface area contributed by atoms with Crippen molar-refractivity contribution in [3.05, 3.63) is 75.8 Å². The van der Waals surface area contributed by atoms with Gasteiger partial charge >= 0.3 is 5.97 Å². The summed E-state index contributed by atoms with van der Waals surface area (Å²) in [5.41, 5.74) is 0.0815. The van der Waals surface area contributed by atoms with Crippen LogP contribution in [0.2, 0.25) is 0 Å². The van der Waals surface area contributed by atoms with Gasteiger partial charge in [0.2, 0.25) is 0 Å². The zero-order valence-corrected chi connectivity index (χ0v) is 12.7. The molecule has 0 saturated heterocycles. The van der Waals surface area contributed by atoms with Crippen LogP contribution in [0.5, 0.6) is 11.5 Å². The molecule has 0 aliphatic rings. The molecule has 0 spiro atoms. The Bertz CT molecular complexity index is 1050. The maximum Gasteiger partial charge on any atom is 0.339 e. The molecular formula is C18H10N2O5. The number of nitro benzene ring substituents is 1. The number of carbonyl (C=O) groups is 1. The molecule has 1 N–H and O–H groups in total. The van der Waals surface area contributed by atoms with Gasteiger partial charge in [-0.25, -0.2) is 4.79 Å². The summed E-state index contributed by atoms with van der Waals surface area (Å²) in [4.78, 5) is 21.6. The van der Waals surface area contributed by atoms with E-state index in [1.165, 1.54) is 0 Å². The number of fused-ring (bicyclic) bond motifs is 1. The minimum absolute atomic E-state index is 0.116. The Labute approximate surface area is 141 Å². The summed E-state index contributed by atoms with van der Waals surface area (Å²) in [6.45, 7) is 0. The fraction of sp³-hybridized carbons (Fsp3) is 0. The SMILES string of the molecule is N#Cc1ccc2cc(Oc3cc([N+](=O)[O-])ccc3C(=O)O)ccc2c1. The fourth-order valence-corrected chi connectivity index (χ4v) is 2.37. The van der Waals surface area contributed by atoms with Crippen molar-refractivity contribution in [2.24, 2.45) is 0 Å². The summed E-state index contributed by atoms with van der Waals surface area (Å²) in [6.07, 6.45) is 0. The molecule has 0 atom stereocenters. The van der Waals surface area contributed by atoms with Crippen molar-refractivity contribution in [2.45, 2.75) is 0 Å². The highest BCUT2D eigenvalue weighted by Gasteiger charge is 2.17. The molecule has 122 valence electrons. The molecule has 0 fully saturated rings. The van der Waals surface area contributed by atoms with Crippen LogP contribution in [0.25, 0.3) is 10.8 Å². The first kappa shape index (κ1) is 16.0. The van der Waals surface area contributed by atoms with Crippen LogP contribution in [0.4, 0.5) is 5.69 Å². The van der Waals surface area contributed by atoms with Gasteiger partial charge in [0.1, 0.15) is 17.1 Å². The first-order valence-electron chi connectivity index (χ1n) is 7.11. The number of nitro groups is 1. The smallest absolute Gasteiger partial charge is 0.339 e. The standard InChI is InChI=1S/C18H10N2O5/c19-10-11-1-2-13-8-15(5-3-12(13)7-11)25-17-9-14(20(23)24)4-6-16(17)18(21)22/h1-9H,(H,21,22). The summed E-state index contributed by atoms with van der Waals surface area (Å²) in [7, 11) is 0. The molecule has 0 aromatic heterocycles. The largest absolute Gasteiger partial charge is 0.478 e. The van der Waals surface area contributed by atoms with Gasteiger partial charge < -0.3 is 9.84 Å². The molecule has 3 aromatic rings. The van der Waals surface area contributed by atoms with E-state index in [0.29, 0.717) is 11.3 Å². The van der Waals surface area contributed by atoms with Gasteiger partial charge in [-0.1, -0.05) is 12.1 Å². The average molecular weight is 334 g/mol. The van der Waals surface area contributed by atoms with Crippen molar-refractivity contribution in [3.8, 4) is 17.6 Å². The lowest BCUT2D eigenvalue weighted by Gasteiger charge is -2.09. The average Bonchev–Trinajstić information content (AvgIpc) is 2.60. The van der Waals surface area contributed by atoms with Gasteiger partial charge in [-0.15, -0.1) is 0 Å². The van der Waals surface area contributed by atoms with Gasteiger partial charge in [-0.05, 0) is 41.1 Å². The van der Waals surface area contributed by atoms with Crippen LogP contribution >= 0.6 is 0 Å². The molecule has 0 unspecified atom stereocenters. The Balaban J connectivity index is 2.03. The Morgan fingerprint density at radius 1 is 1.08 bits per heavy atom. The molecule has 0 radical (unpaired) electrons. The monoisotopic (exact) mass is 334 g/mol. The van der Waals surface area contributed by atoms with Crippen molar-refractivity contribution in [3.63, 3.8) is 0 Å². The number of benzene rings is 3. The lowest BCUT2D eigenvalue weighted by molar-refractivity contribution is -0.384. The van der Waals surface area contributed by atoms with Crippen molar-refractivity contribution < 1.29 is 19.6 Å². The Morgan fingerprint density at radius 3 is 2.48 bits per heavy atom. The van der Waals surface area contributed by atoms with Gasteiger partial charge in [0.05, 0.1) is 22.6 Å². The van der Waals surface area contributed by atoms with Gasteiger partial charge in [-0.2, -0.15) is 5.26 Å². The van der Waals surface area contributed by atoms with Gasteiger partial charge in [0.25, 0.3) is 5.69 Å². The minimum Gasteiger partial charge on any atom is -0.478 e. The molecule has 0 aliphatic carbocycles. The lowest BCUT2D eigenvalue weighted by atomic mass is 10.1. The third-order valence-corrected chi connectivity index (χ3v) is 3.58. The number of hydrogen-bond donors (Lipinski definition) is 1. The van der Waals surface area contributed by atoms with E-state index in [-0.39, 0.29) is 17.0 Å². The topological polar surface area (TPSA) is 113 Å². The molecule has 3 rings (SSSR count).